The molecule has 1 aromatic heterocycles. The second-order valence-corrected chi connectivity index (χ2v) is 13.6. The summed E-state index contributed by atoms with van der Waals surface area (Å²) >= 11 is 0. The van der Waals surface area contributed by atoms with E-state index in [2.05, 4.69) is 0 Å². The first kappa shape index (κ1) is 33.6. The molecule has 3 atom stereocenters. The highest BCUT2D eigenvalue weighted by Gasteiger charge is 2.47. The Bertz CT molecular complexity index is 1290. The SMILES string of the molecule is COCCCOC(=O)c1cc2cc(CC(=O)[C@H]3[C@@H](C4CCC(OC)CC4)CCN3C(=O)C3CCC([C@H](C)CF)CC3)ccc2o1. The van der Waals surface area contributed by atoms with Crippen molar-refractivity contribution in [1.29, 1.82) is 0 Å². The molecule has 248 valence electrons. The highest BCUT2D eigenvalue weighted by Crippen LogP contribution is 2.42. The van der Waals surface area contributed by atoms with Gasteiger partial charge < -0.3 is 23.5 Å². The van der Waals surface area contributed by atoms with E-state index in [1.165, 1.54) is 0 Å². The van der Waals surface area contributed by atoms with Crippen LogP contribution in [-0.4, -0.2) is 75.4 Å². The summed E-state index contributed by atoms with van der Waals surface area (Å²) in [4.78, 5) is 42.6. The molecule has 0 spiro atoms. The van der Waals surface area contributed by atoms with Crippen molar-refractivity contribution in [1.82, 2.24) is 4.90 Å². The van der Waals surface area contributed by atoms with Gasteiger partial charge in [0, 0.05) is 51.5 Å². The fraction of sp³-hybridized carbons (Fsp3) is 0.694. The fourth-order valence-electron chi connectivity index (χ4n) is 8.07. The van der Waals surface area contributed by atoms with Crippen molar-refractivity contribution in [2.24, 2.45) is 29.6 Å². The van der Waals surface area contributed by atoms with Gasteiger partial charge in [-0.3, -0.25) is 14.0 Å². The first-order valence-electron chi connectivity index (χ1n) is 16.9. The highest BCUT2D eigenvalue weighted by atomic mass is 19.1. The fourth-order valence-corrected chi connectivity index (χ4v) is 8.07. The summed E-state index contributed by atoms with van der Waals surface area (Å²) in [6, 6.07) is 6.76. The van der Waals surface area contributed by atoms with Crippen molar-refractivity contribution in [2.75, 3.05) is 40.7 Å². The van der Waals surface area contributed by atoms with E-state index in [1.54, 1.807) is 26.4 Å². The van der Waals surface area contributed by atoms with E-state index in [0.717, 1.165) is 68.7 Å². The molecule has 0 N–H and O–H groups in total. The van der Waals surface area contributed by atoms with Crippen LogP contribution in [0.1, 0.15) is 87.3 Å². The number of Topliss-reactive ketones (excluding diaryl/α,β-unsaturated/α-hetero) is 1. The third-order valence-electron chi connectivity index (χ3n) is 10.8. The van der Waals surface area contributed by atoms with Crippen LogP contribution in [-0.2, 0) is 30.2 Å². The zero-order valence-corrected chi connectivity index (χ0v) is 27.1. The van der Waals surface area contributed by atoms with Gasteiger partial charge in [-0.2, -0.15) is 0 Å². The Labute approximate surface area is 266 Å². The topological polar surface area (TPSA) is 95.3 Å². The lowest BCUT2D eigenvalue weighted by Gasteiger charge is -2.37. The molecular formula is C36H50FNO7. The lowest BCUT2D eigenvalue weighted by Crippen LogP contribution is -2.48. The van der Waals surface area contributed by atoms with Crippen molar-refractivity contribution < 1.29 is 37.4 Å². The van der Waals surface area contributed by atoms with E-state index in [1.807, 2.05) is 24.0 Å². The molecule has 3 fully saturated rings. The van der Waals surface area contributed by atoms with Gasteiger partial charge in [-0.1, -0.05) is 13.0 Å². The number of hydrogen-bond donors (Lipinski definition) is 0. The van der Waals surface area contributed by atoms with E-state index in [0.29, 0.717) is 37.0 Å². The maximum Gasteiger partial charge on any atom is 0.374 e. The molecule has 9 heteroatoms. The normalized spacial score (nSPS) is 27.9. The van der Waals surface area contributed by atoms with Gasteiger partial charge >= 0.3 is 5.97 Å². The first-order chi connectivity index (χ1) is 21.8. The molecule has 1 saturated heterocycles. The first-order valence-corrected chi connectivity index (χ1v) is 16.9. The Kier molecular flexibility index (Phi) is 11.7. The molecule has 8 nitrogen and oxygen atoms in total. The van der Waals surface area contributed by atoms with Gasteiger partial charge in [-0.25, -0.2) is 4.79 Å². The number of rotatable bonds is 13. The average molecular weight is 628 g/mol. The lowest BCUT2D eigenvalue weighted by atomic mass is 9.74. The van der Waals surface area contributed by atoms with Crippen molar-refractivity contribution in [3.63, 3.8) is 0 Å². The van der Waals surface area contributed by atoms with Crippen molar-refractivity contribution in [3.8, 4) is 0 Å². The number of likely N-dealkylation sites (tertiary alicyclic amines) is 1. The van der Waals surface area contributed by atoms with Crippen LogP contribution in [0.25, 0.3) is 11.0 Å². The molecular weight excluding hydrogens is 577 g/mol. The predicted molar refractivity (Wildman–Crippen MR) is 169 cm³/mol. The summed E-state index contributed by atoms with van der Waals surface area (Å²) in [5, 5.41) is 0.734. The molecule has 2 aromatic rings. The summed E-state index contributed by atoms with van der Waals surface area (Å²) in [6.45, 7) is 3.01. The summed E-state index contributed by atoms with van der Waals surface area (Å²) in [7, 11) is 3.36. The van der Waals surface area contributed by atoms with E-state index < -0.39 is 12.0 Å². The average Bonchev–Trinajstić information content (AvgIpc) is 3.71. The van der Waals surface area contributed by atoms with Crippen LogP contribution in [0.4, 0.5) is 4.39 Å². The van der Waals surface area contributed by atoms with Gasteiger partial charge in [0.15, 0.2) is 5.78 Å². The zero-order valence-electron chi connectivity index (χ0n) is 27.1. The number of halogens is 1. The van der Waals surface area contributed by atoms with Crippen LogP contribution in [0.3, 0.4) is 0 Å². The zero-order chi connectivity index (χ0) is 31.9. The number of amides is 1. The van der Waals surface area contributed by atoms with Crippen molar-refractivity contribution >= 4 is 28.6 Å². The second-order valence-electron chi connectivity index (χ2n) is 13.6. The largest absolute Gasteiger partial charge is 0.460 e. The van der Waals surface area contributed by atoms with E-state index in [9.17, 15) is 18.8 Å². The summed E-state index contributed by atoms with van der Waals surface area (Å²) in [5.74, 6) is 0.559. The van der Waals surface area contributed by atoms with Crippen LogP contribution >= 0.6 is 0 Å². The number of methoxy groups -OCH3 is 2. The standard InChI is InChI=1S/C36H50FNO7/c1-23(22-37)25-6-8-27(9-7-25)35(40)38-16-15-30(26-10-12-29(43-3)13-11-26)34(38)31(39)20-24-5-14-32-28(19-24)21-33(45-32)36(41)44-18-4-17-42-2/h5,14,19,21,23,25-27,29-30,34H,4,6-13,15-18,20,22H2,1-3H3/t23-,25?,26?,27?,29?,30-,34-/m1/s1. The van der Waals surface area contributed by atoms with Crippen LogP contribution in [0.5, 0.6) is 0 Å². The number of esters is 1. The Morgan fingerprint density at radius 3 is 2.42 bits per heavy atom. The van der Waals surface area contributed by atoms with Gasteiger partial charge in [0.05, 0.1) is 25.4 Å². The number of furan rings is 1. The van der Waals surface area contributed by atoms with Crippen LogP contribution in [0.2, 0.25) is 0 Å². The van der Waals surface area contributed by atoms with E-state index in [4.69, 9.17) is 18.6 Å². The van der Waals surface area contributed by atoms with Crippen LogP contribution in [0, 0.1) is 29.6 Å². The van der Waals surface area contributed by atoms with Crippen LogP contribution < -0.4 is 0 Å². The molecule has 2 heterocycles. The number of carbonyl (C=O) groups excluding carboxylic acids is 3. The van der Waals surface area contributed by atoms with Gasteiger partial charge in [0.25, 0.3) is 0 Å². The Morgan fingerprint density at radius 1 is 0.978 bits per heavy atom. The number of ketones is 1. The summed E-state index contributed by atoms with van der Waals surface area (Å²) in [5.41, 5.74) is 1.38. The minimum Gasteiger partial charge on any atom is -0.460 e. The predicted octanol–water partition coefficient (Wildman–Crippen LogP) is 6.57. The smallest absolute Gasteiger partial charge is 0.374 e. The number of fused-ring (bicyclic) bond motifs is 1. The number of nitrogens with zero attached hydrogens (tertiary/aromatic N) is 1. The minimum atomic E-state index is -0.528. The second kappa shape index (κ2) is 15.7. The maximum atomic E-state index is 14.2. The van der Waals surface area contributed by atoms with Gasteiger partial charge in [-0.15, -0.1) is 0 Å². The molecule has 1 aromatic carbocycles. The third-order valence-corrected chi connectivity index (χ3v) is 10.8. The molecule has 45 heavy (non-hydrogen) atoms. The Morgan fingerprint density at radius 2 is 1.73 bits per heavy atom. The van der Waals surface area contributed by atoms with E-state index in [-0.39, 0.29) is 61.0 Å². The lowest BCUT2D eigenvalue weighted by molar-refractivity contribution is -0.143. The Balaban J connectivity index is 1.30. The summed E-state index contributed by atoms with van der Waals surface area (Å²) in [6.07, 6.45) is 9.17. The molecule has 0 bridgehead atoms. The highest BCUT2D eigenvalue weighted by molar-refractivity contribution is 5.94. The molecule has 3 aliphatic rings. The Hall–Kier alpha value is -2.78. The molecule has 5 rings (SSSR count). The van der Waals surface area contributed by atoms with Crippen molar-refractivity contribution in [3.05, 3.63) is 35.6 Å². The quantitative estimate of drug-likeness (QED) is 0.183. The molecule has 2 aliphatic carbocycles. The number of ether oxygens (including phenoxy) is 3. The summed E-state index contributed by atoms with van der Waals surface area (Å²) < 4.78 is 34.9. The molecule has 2 saturated carbocycles. The van der Waals surface area contributed by atoms with Gasteiger partial charge in [0.1, 0.15) is 5.58 Å². The minimum absolute atomic E-state index is 0.0314. The van der Waals surface area contributed by atoms with E-state index >= 15 is 0 Å². The van der Waals surface area contributed by atoms with Crippen LogP contribution in [0.15, 0.2) is 28.7 Å². The number of alkyl halides is 1. The molecule has 0 unspecified atom stereocenters. The monoisotopic (exact) mass is 627 g/mol. The van der Waals surface area contributed by atoms with Gasteiger partial charge in [-0.05, 0) is 105 Å². The van der Waals surface area contributed by atoms with Crippen molar-refractivity contribution in [2.45, 2.75) is 89.7 Å². The molecule has 1 amide bonds. The van der Waals surface area contributed by atoms with Gasteiger partial charge in [0.2, 0.25) is 11.7 Å². The number of hydrogen-bond acceptors (Lipinski definition) is 7. The maximum absolute atomic E-state index is 14.2. The number of carbonyl (C=O) groups is 3. The third kappa shape index (κ3) is 7.97. The molecule has 0 radical (unpaired) electrons. The molecule has 1 aliphatic heterocycles. The number of benzene rings is 1.